The fraction of sp³-hybridized carbons (Fsp3) is 0.706. The number of hydrogen-bond donors (Lipinski definition) is 0. The van der Waals surface area contributed by atoms with Crippen LogP contribution in [0.1, 0.15) is 77.6 Å². The highest BCUT2D eigenvalue weighted by molar-refractivity contribution is 4.81. The third kappa shape index (κ3) is 15.5. The molecular formula is C17H31. The molecule has 0 nitrogen and oxygen atoms in total. The lowest BCUT2D eigenvalue weighted by Gasteiger charge is -1.98. The molecule has 0 bridgehead atoms. The summed E-state index contributed by atoms with van der Waals surface area (Å²) in [6.07, 6.45) is 23.5. The lowest BCUT2D eigenvalue weighted by atomic mass is 10.1. The van der Waals surface area contributed by atoms with E-state index in [1.807, 2.05) is 0 Å². The van der Waals surface area contributed by atoms with Gasteiger partial charge in [-0.15, -0.1) is 0 Å². The molecule has 0 aromatic carbocycles. The Hall–Kier alpha value is -0.520. The Morgan fingerprint density at radius 1 is 0.647 bits per heavy atom. The monoisotopic (exact) mass is 235 g/mol. The van der Waals surface area contributed by atoms with Crippen molar-refractivity contribution in [2.75, 3.05) is 0 Å². The van der Waals surface area contributed by atoms with Crippen LogP contribution in [0.4, 0.5) is 0 Å². The summed E-state index contributed by atoms with van der Waals surface area (Å²) in [5.74, 6) is 0. The first-order valence-corrected chi connectivity index (χ1v) is 7.51. The Morgan fingerprint density at radius 3 is 1.65 bits per heavy atom. The molecular weight excluding hydrogens is 204 g/mol. The Balaban J connectivity index is 3.03. The lowest BCUT2D eigenvalue weighted by Crippen LogP contribution is -1.78. The molecule has 99 valence electrons. The van der Waals surface area contributed by atoms with E-state index in [2.05, 4.69) is 38.2 Å². The first-order valence-electron chi connectivity index (χ1n) is 7.51. The van der Waals surface area contributed by atoms with E-state index < -0.39 is 0 Å². The smallest absolute Gasteiger partial charge is 0.0351 e. The van der Waals surface area contributed by atoms with Gasteiger partial charge in [0, 0.05) is 0 Å². The summed E-state index contributed by atoms with van der Waals surface area (Å²) in [5.41, 5.74) is 0. The van der Waals surface area contributed by atoms with Crippen LogP contribution in [0.5, 0.6) is 0 Å². The average Bonchev–Trinajstić information content (AvgIpc) is 2.35. The van der Waals surface area contributed by atoms with Crippen molar-refractivity contribution in [2.45, 2.75) is 77.6 Å². The van der Waals surface area contributed by atoms with E-state index in [1.54, 1.807) is 0 Å². The van der Waals surface area contributed by atoms with Crippen molar-refractivity contribution < 1.29 is 0 Å². The van der Waals surface area contributed by atoms with Crippen molar-refractivity contribution in [3.8, 4) is 0 Å². The lowest BCUT2D eigenvalue weighted by molar-refractivity contribution is 0.621. The molecule has 0 atom stereocenters. The van der Waals surface area contributed by atoms with Gasteiger partial charge in [-0.1, -0.05) is 63.8 Å². The molecule has 0 N–H and O–H groups in total. The summed E-state index contributed by atoms with van der Waals surface area (Å²) in [6, 6.07) is 0. The maximum atomic E-state index is 3.84. The summed E-state index contributed by atoms with van der Waals surface area (Å²) < 4.78 is 0. The normalized spacial score (nSPS) is 11.9. The highest BCUT2D eigenvalue weighted by Crippen LogP contribution is 2.08. The zero-order chi connectivity index (χ0) is 12.6. The van der Waals surface area contributed by atoms with E-state index in [0.29, 0.717) is 0 Å². The van der Waals surface area contributed by atoms with Gasteiger partial charge >= 0.3 is 0 Å². The summed E-state index contributed by atoms with van der Waals surface area (Å²) in [4.78, 5) is 0. The van der Waals surface area contributed by atoms with Gasteiger partial charge in [0.15, 0.2) is 0 Å². The Kier molecular flexibility index (Phi) is 15.0. The standard InChI is InChI=1S/C17H31/c1-3-5-7-9-11-13-15-17-16-14-12-10-8-6-4-2/h6,8-9,11H,1,3-5,7,10,12-17H2,2H3. The summed E-state index contributed by atoms with van der Waals surface area (Å²) in [5, 5.41) is 0. The topological polar surface area (TPSA) is 0 Å². The Bertz CT molecular complexity index is 176. The van der Waals surface area contributed by atoms with E-state index >= 15 is 0 Å². The molecule has 0 rings (SSSR count). The van der Waals surface area contributed by atoms with Crippen LogP contribution < -0.4 is 0 Å². The third-order valence-electron chi connectivity index (χ3n) is 2.93. The largest absolute Gasteiger partial charge is 0.0888 e. The minimum atomic E-state index is 1.07. The predicted molar refractivity (Wildman–Crippen MR) is 80.1 cm³/mol. The summed E-state index contributed by atoms with van der Waals surface area (Å²) in [7, 11) is 0. The minimum Gasteiger partial charge on any atom is -0.0888 e. The highest BCUT2D eigenvalue weighted by Gasteiger charge is 1.88. The second kappa shape index (κ2) is 15.5. The predicted octanol–water partition coefficient (Wildman–Crippen LogP) is 6.24. The second-order valence-corrected chi connectivity index (χ2v) is 4.69. The van der Waals surface area contributed by atoms with Gasteiger partial charge in [-0.2, -0.15) is 0 Å². The molecule has 0 unspecified atom stereocenters. The van der Waals surface area contributed by atoms with E-state index in [1.165, 1.54) is 64.2 Å². The molecule has 0 aromatic heterocycles. The van der Waals surface area contributed by atoms with Gasteiger partial charge in [-0.05, 0) is 44.9 Å². The summed E-state index contributed by atoms with van der Waals surface area (Å²) in [6.45, 7) is 6.04. The minimum absolute atomic E-state index is 1.07. The molecule has 0 aromatic rings. The van der Waals surface area contributed by atoms with Crippen molar-refractivity contribution in [3.05, 3.63) is 31.2 Å². The fourth-order valence-electron chi connectivity index (χ4n) is 1.84. The second-order valence-electron chi connectivity index (χ2n) is 4.69. The first-order chi connectivity index (χ1) is 8.41. The van der Waals surface area contributed by atoms with Gasteiger partial charge in [-0.3, -0.25) is 0 Å². The number of hydrogen-bond acceptors (Lipinski definition) is 0. The fourth-order valence-corrected chi connectivity index (χ4v) is 1.84. The van der Waals surface area contributed by atoms with Crippen LogP contribution in [0, 0.1) is 6.92 Å². The van der Waals surface area contributed by atoms with Crippen LogP contribution in [0.15, 0.2) is 24.3 Å². The molecule has 0 fully saturated rings. The zero-order valence-electron chi connectivity index (χ0n) is 11.8. The molecule has 17 heavy (non-hydrogen) atoms. The van der Waals surface area contributed by atoms with Crippen molar-refractivity contribution in [1.29, 1.82) is 0 Å². The van der Waals surface area contributed by atoms with Crippen molar-refractivity contribution >= 4 is 0 Å². The van der Waals surface area contributed by atoms with Gasteiger partial charge in [0.05, 0.1) is 0 Å². The quantitative estimate of drug-likeness (QED) is 0.277. The van der Waals surface area contributed by atoms with Crippen LogP contribution >= 0.6 is 0 Å². The van der Waals surface area contributed by atoms with Gasteiger partial charge in [0.1, 0.15) is 0 Å². The average molecular weight is 235 g/mol. The maximum Gasteiger partial charge on any atom is -0.0351 e. The van der Waals surface area contributed by atoms with E-state index in [-0.39, 0.29) is 0 Å². The molecule has 0 saturated carbocycles. The van der Waals surface area contributed by atoms with Crippen molar-refractivity contribution in [2.24, 2.45) is 0 Å². The van der Waals surface area contributed by atoms with Crippen LogP contribution in [0.25, 0.3) is 0 Å². The molecule has 1 radical (unpaired) electrons. The van der Waals surface area contributed by atoms with Gasteiger partial charge in [0.2, 0.25) is 0 Å². The molecule has 0 heteroatoms. The van der Waals surface area contributed by atoms with Crippen LogP contribution in [-0.2, 0) is 0 Å². The number of unbranched alkanes of at least 4 members (excludes halogenated alkanes) is 8. The highest BCUT2D eigenvalue weighted by atomic mass is 13.9. The van der Waals surface area contributed by atoms with E-state index in [0.717, 1.165) is 6.42 Å². The maximum absolute atomic E-state index is 3.84. The van der Waals surface area contributed by atoms with E-state index in [4.69, 9.17) is 0 Å². The molecule has 0 heterocycles. The Labute approximate surface area is 109 Å². The SMILES string of the molecule is [CH2]CCCC=CCCCCCCCC=CCC. The van der Waals surface area contributed by atoms with Crippen LogP contribution in [0.3, 0.4) is 0 Å². The molecule has 0 aliphatic carbocycles. The van der Waals surface area contributed by atoms with Gasteiger partial charge in [0.25, 0.3) is 0 Å². The van der Waals surface area contributed by atoms with Crippen molar-refractivity contribution in [1.82, 2.24) is 0 Å². The number of rotatable bonds is 12. The zero-order valence-corrected chi connectivity index (χ0v) is 11.8. The Morgan fingerprint density at radius 2 is 1.12 bits per heavy atom. The van der Waals surface area contributed by atoms with Crippen LogP contribution in [0.2, 0.25) is 0 Å². The van der Waals surface area contributed by atoms with Gasteiger partial charge in [-0.25, -0.2) is 0 Å². The third-order valence-corrected chi connectivity index (χ3v) is 2.93. The molecule has 0 aliphatic heterocycles. The molecule has 0 saturated heterocycles. The first kappa shape index (κ1) is 16.5. The molecule has 0 spiro atoms. The van der Waals surface area contributed by atoms with Crippen LogP contribution in [-0.4, -0.2) is 0 Å². The molecule has 0 aliphatic rings. The van der Waals surface area contributed by atoms with Crippen molar-refractivity contribution in [3.63, 3.8) is 0 Å². The molecule has 0 amide bonds. The number of allylic oxidation sites excluding steroid dienone is 4. The van der Waals surface area contributed by atoms with E-state index in [9.17, 15) is 0 Å². The summed E-state index contributed by atoms with van der Waals surface area (Å²) >= 11 is 0. The van der Waals surface area contributed by atoms with Gasteiger partial charge < -0.3 is 0 Å².